The quantitative estimate of drug-likeness (QED) is 0.489. The fourth-order valence-corrected chi connectivity index (χ4v) is 4.66. The maximum Gasteiger partial charge on any atom is 0.404 e. The van der Waals surface area contributed by atoms with Crippen molar-refractivity contribution in [3.63, 3.8) is 0 Å². The third-order valence-corrected chi connectivity index (χ3v) is 5.58. The van der Waals surface area contributed by atoms with Crippen molar-refractivity contribution in [1.82, 2.24) is 5.32 Å². The Bertz CT molecular complexity index is 669. The molecule has 1 fully saturated rings. The van der Waals surface area contributed by atoms with E-state index >= 15 is 0 Å². The number of carbonyl (C=O) groups is 3. The second kappa shape index (κ2) is 10.1. The molecule has 0 radical (unpaired) electrons. The van der Waals surface area contributed by atoms with Crippen LogP contribution in [0.1, 0.15) is 73.1 Å². The van der Waals surface area contributed by atoms with Gasteiger partial charge >= 0.3 is 18.0 Å². The Kier molecular flexibility index (Phi) is 8.79. The minimum absolute atomic E-state index is 0.0151. The maximum atomic E-state index is 14.1. The van der Waals surface area contributed by atoms with Crippen LogP contribution >= 0.6 is 0 Å². The van der Waals surface area contributed by atoms with Crippen LogP contribution < -0.4 is 11.1 Å². The van der Waals surface area contributed by atoms with Crippen molar-refractivity contribution >= 4 is 18.0 Å². The van der Waals surface area contributed by atoms with Crippen molar-refractivity contribution in [2.45, 2.75) is 90.3 Å². The molecular formula is C21H35F3N2O5. The van der Waals surface area contributed by atoms with Crippen LogP contribution in [0.5, 0.6) is 0 Å². The number of alkyl halides is 3. The highest BCUT2D eigenvalue weighted by molar-refractivity contribution is 5.73. The lowest BCUT2D eigenvalue weighted by molar-refractivity contribution is -0.189. The van der Waals surface area contributed by atoms with E-state index in [4.69, 9.17) is 0 Å². The fraction of sp³-hybridized carbons (Fsp3) is 0.857. The number of nitrogens with one attached hydrogen (secondary N) is 1. The predicted octanol–water partition coefficient (Wildman–Crippen LogP) is 3.88. The molecule has 2 amide bonds. The first-order valence-corrected chi connectivity index (χ1v) is 10.4. The van der Waals surface area contributed by atoms with E-state index in [-0.39, 0.29) is 29.2 Å². The second-order valence-electron chi connectivity index (χ2n) is 9.92. The number of hydrogen-bond donors (Lipinski definition) is 2. The summed E-state index contributed by atoms with van der Waals surface area (Å²) in [6.45, 7) is 5.58. The Morgan fingerprint density at radius 3 is 2.26 bits per heavy atom. The minimum atomic E-state index is -4.05. The summed E-state index contributed by atoms with van der Waals surface area (Å²) in [4.78, 5) is 33.9. The molecule has 1 saturated carbocycles. The molecule has 1 rings (SSSR count). The molecule has 0 aliphatic heterocycles. The standard InChI is InChI=1S/C21H35F3N2O5/c1-14(27)26-19(4)10-15(9-18(2,3)11-19)7-6-8-16(28)30-13-21(23,24)20(5,22)12-31-17(25)29/h15H,6-13H2,1-5H3,(H2,25,29)(H,26,27)/t15-,19?,20?/m1/s1. The Balaban J connectivity index is 2.50. The summed E-state index contributed by atoms with van der Waals surface area (Å²) >= 11 is 0. The Morgan fingerprint density at radius 2 is 1.71 bits per heavy atom. The zero-order valence-electron chi connectivity index (χ0n) is 19.0. The van der Waals surface area contributed by atoms with E-state index in [9.17, 15) is 27.6 Å². The molecule has 7 nitrogen and oxygen atoms in total. The van der Waals surface area contributed by atoms with Gasteiger partial charge in [-0.15, -0.1) is 0 Å². The lowest BCUT2D eigenvalue weighted by Gasteiger charge is -2.47. The predicted molar refractivity (Wildman–Crippen MR) is 108 cm³/mol. The van der Waals surface area contributed by atoms with Crippen molar-refractivity contribution in [3.05, 3.63) is 0 Å². The number of nitrogens with two attached hydrogens (primary N) is 1. The summed E-state index contributed by atoms with van der Waals surface area (Å²) in [5.74, 6) is -4.74. The van der Waals surface area contributed by atoms with Crippen LogP contribution in [-0.2, 0) is 19.1 Å². The van der Waals surface area contributed by atoms with E-state index in [0.717, 1.165) is 19.3 Å². The molecule has 180 valence electrons. The van der Waals surface area contributed by atoms with Crippen LogP contribution in [0.25, 0.3) is 0 Å². The zero-order valence-corrected chi connectivity index (χ0v) is 19.0. The van der Waals surface area contributed by atoms with E-state index < -0.39 is 36.9 Å². The molecule has 0 bridgehead atoms. The summed E-state index contributed by atoms with van der Waals surface area (Å²) in [7, 11) is 0. The Hall–Kier alpha value is -2.00. The largest absolute Gasteiger partial charge is 0.459 e. The SMILES string of the molecule is CC(=O)NC1(C)C[C@H](CCCC(=O)OCC(F)(F)C(C)(F)COC(N)=O)CC(C)(C)C1. The average molecular weight is 453 g/mol. The van der Waals surface area contributed by atoms with Crippen LogP contribution in [0.15, 0.2) is 0 Å². The van der Waals surface area contributed by atoms with Crippen molar-refractivity contribution in [2.24, 2.45) is 17.1 Å². The van der Waals surface area contributed by atoms with Gasteiger partial charge in [-0.05, 0) is 57.3 Å². The van der Waals surface area contributed by atoms with E-state index in [1.165, 1.54) is 6.92 Å². The zero-order chi connectivity index (χ0) is 24.1. The van der Waals surface area contributed by atoms with E-state index in [1.807, 2.05) is 6.92 Å². The van der Waals surface area contributed by atoms with Gasteiger partial charge in [-0.1, -0.05) is 13.8 Å². The van der Waals surface area contributed by atoms with Crippen LogP contribution in [0.3, 0.4) is 0 Å². The van der Waals surface area contributed by atoms with Crippen molar-refractivity contribution in [2.75, 3.05) is 13.2 Å². The van der Waals surface area contributed by atoms with Gasteiger partial charge in [-0.3, -0.25) is 9.59 Å². The first kappa shape index (κ1) is 27.0. The summed E-state index contributed by atoms with van der Waals surface area (Å²) in [5, 5.41) is 3.02. The normalized spacial score (nSPS) is 25.2. The number of esters is 1. The first-order valence-electron chi connectivity index (χ1n) is 10.4. The van der Waals surface area contributed by atoms with Crippen LogP contribution in [0.2, 0.25) is 0 Å². The highest BCUT2D eigenvalue weighted by Gasteiger charge is 2.53. The molecule has 0 spiro atoms. The Labute approximate surface area is 181 Å². The van der Waals surface area contributed by atoms with Gasteiger partial charge in [0.25, 0.3) is 0 Å². The number of rotatable bonds is 10. The highest BCUT2D eigenvalue weighted by atomic mass is 19.3. The van der Waals surface area contributed by atoms with Gasteiger partial charge in [0.15, 0.2) is 6.61 Å². The molecule has 3 N–H and O–H groups in total. The summed E-state index contributed by atoms with van der Waals surface area (Å²) in [5.41, 5.74) is 1.11. The number of primary amides is 1. The number of carbonyl (C=O) groups excluding carboxylic acids is 3. The molecule has 0 heterocycles. The van der Waals surface area contributed by atoms with Crippen molar-refractivity contribution in [1.29, 1.82) is 0 Å². The average Bonchev–Trinajstić information content (AvgIpc) is 2.55. The lowest BCUT2D eigenvalue weighted by Crippen LogP contribution is -2.52. The molecular weight excluding hydrogens is 417 g/mol. The van der Waals surface area contributed by atoms with Gasteiger partial charge in [0.1, 0.15) is 6.61 Å². The lowest BCUT2D eigenvalue weighted by atomic mass is 9.63. The number of hydrogen-bond acceptors (Lipinski definition) is 5. The van der Waals surface area contributed by atoms with Crippen molar-refractivity contribution < 1.29 is 37.0 Å². The minimum Gasteiger partial charge on any atom is -0.459 e. The third-order valence-electron chi connectivity index (χ3n) is 5.58. The molecule has 0 saturated heterocycles. The van der Waals surface area contributed by atoms with Crippen LogP contribution in [0.4, 0.5) is 18.0 Å². The monoisotopic (exact) mass is 452 g/mol. The molecule has 3 atom stereocenters. The van der Waals surface area contributed by atoms with Crippen molar-refractivity contribution in [3.8, 4) is 0 Å². The topological polar surface area (TPSA) is 108 Å². The molecule has 2 unspecified atom stereocenters. The van der Waals surface area contributed by atoms with Gasteiger partial charge in [0.05, 0.1) is 0 Å². The van der Waals surface area contributed by atoms with Gasteiger partial charge in [-0.25, -0.2) is 9.18 Å². The maximum absolute atomic E-state index is 14.1. The molecule has 0 aromatic heterocycles. The molecule has 1 aliphatic carbocycles. The van der Waals surface area contributed by atoms with Crippen LogP contribution in [0, 0.1) is 11.3 Å². The summed E-state index contributed by atoms with van der Waals surface area (Å²) < 4.78 is 50.7. The number of amides is 2. The fourth-order valence-electron chi connectivity index (χ4n) is 4.66. The van der Waals surface area contributed by atoms with E-state index in [2.05, 4.69) is 34.4 Å². The molecule has 0 aromatic carbocycles. The number of halogens is 3. The third kappa shape index (κ3) is 8.95. The second-order valence-corrected chi connectivity index (χ2v) is 9.92. The highest BCUT2D eigenvalue weighted by Crippen LogP contribution is 2.45. The van der Waals surface area contributed by atoms with Gasteiger partial charge in [0.2, 0.25) is 11.6 Å². The Morgan fingerprint density at radius 1 is 1.10 bits per heavy atom. The molecule has 1 aliphatic rings. The van der Waals surface area contributed by atoms with E-state index in [1.54, 1.807) is 0 Å². The smallest absolute Gasteiger partial charge is 0.404 e. The summed E-state index contributed by atoms with van der Waals surface area (Å²) in [6.07, 6.45) is 2.19. The molecule has 10 heteroatoms. The number of ether oxygens (including phenoxy) is 2. The van der Waals surface area contributed by atoms with Gasteiger partial charge in [-0.2, -0.15) is 8.78 Å². The summed E-state index contributed by atoms with van der Waals surface area (Å²) in [6, 6.07) is 0. The van der Waals surface area contributed by atoms with Gasteiger partial charge in [0, 0.05) is 18.9 Å². The van der Waals surface area contributed by atoms with Gasteiger partial charge < -0.3 is 20.5 Å². The van der Waals surface area contributed by atoms with E-state index in [0.29, 0.717) is 19.8 Å². The molecule has 0 aromatic rings. The molecule has 31 heavy (non-hydrogen) atoms. The van der Waals surface area contributed by atoms with Crippen LogP contribution in [-0.4, -0.2) is 48.3 Å². The first-order chi connectivity index (χ1) is 14.0.